The Morgan fingerprint density at radius 2 is 2.21 bits per heavy atom. The lowest BCUT2D eigenvalue weighted by atomic mass is 10.2. The molecule has 1 aliphatic heterocycles. The second-order valence-corrected chi connectivity index (χ2v) is 9.04. The molecule has 0 saturated carbocycles. The molecule has 1 unspecified atom stereocenters. The van der Waals surface area contributed by atoms with Crippen LogP contribution in [0.25, 0.3) is 0 Å². The van der Waals surface area contributed by atoms with Gasteiger partial charge in [-0.25, -0.2) is 8.42 Å². The van der Waals surface area contributed by atoms with E-state index in [-0.39, 0.29) is 4.90 Å². The van der Waals surface area contributed by atoms with Crippen LogP contribution in [0.5, 0.6) is 0 Å². The highest BCUT2D eigenvalue weighted by Crippen LogP contribution is 2.26. The SMILES string of the molecule is CS(=O)(=O)c1ccc(NCC2CSCCS2)c(N)c1. The fourth-order valence-corrected chi connectivity index (χ4v) is 5.08. The molecule has 0 amide bonds. The number of sulfone groups is 1. The van der Waals surface area contributed by atoms with Crippen molar-refractivity contribution >= 4 is 44.7 Å². The van der Waals surface area contributed by atoms with E-state index in [0.717, 1.165) is 18.0 Å². The first kappa shape index (κ1) is 14.9. The average Bonchev–Trinajstić information content (AvgIpc) is 2.37. The summed E-state index contributed by atoms with van der Waals surface area (Å²) in [5.74, 6) is 3.57. The maximum atomic E-state index is 11.4. The van der Waals surface area contributed by atoms with Gasteiger partial charge in [0, 0.05) is 35.3 Å². The summed E-state index contributed by atoms with van der Waals surface area (Å²) in [6.45, 7) is 0.861. The van der Waals surface area contributed by atoms with Gasteiger partial charge in [-0.05, 0) is 18.2 Å². The van der Waals surface area contributed by atoms with E-state index < -0.39 is 9.84 Å². The summed E-state index contributed by atoms with van der Waals surface area (Å²) in [7, 11) is -3.19. The number of thioether (sulfide) groups is 2. The summed E-state index contributed by atoms with van der Waals surface area (Å²) < 4.78 is 22.8. The summed E-state index contributed by atoms with van der Waals surface area (Å²) >= 11 is 3.95. The summed E-state index contributed by atoms with van der Waals surface area (Å²) in [5, 5.41) is 3.90. The van der Waals surface area contributed by atoms with Crippen LogP contribution in [0.15, 0.2) is 23.1 Å². The van der Waals surface area contributed by atoms with Crippen molar-refractivity contribution in [3.63, 3.8) is 0 Å². The summed E-state index contributed by atoms with van der Waals surface area (Å²) in [4.78, 5) is 0.262. The van der Waals surface area contributed by atoms with Gasteiger partial charge in [-0.1, -0.05) is 0 Å². The quantitative estimate of drug-likeness (QED) is 0.827. The summed E-state index contributed by atoms with van der Waals surface area (Å²) in [6.07, 6.45) is 1.19. The molecule has 1 saturated heterocycles. The second-order valence-electron chi connectivity index (χ2n) is 4.47. The van der Waals surface area contributed by atoms with Crippen molar-refractivity contribution in [3.05, 3.63) is 18.2 Å². The number of hydrogen-bond donors (Lipinski definition) is 2. The Bertz CT molecular complexity index is 540. The molecule has 1 heterocycles. The number of rotatable bonds is 4. The highest BCUT2D eigenvalue weighted by atomic mass is 32.2. The van der Waals surface area contributed by atoms with E-state index in [1.165, 1.54) is 23.8 Å². The van der Waals surface area contributed by atoms with Crippen molar-refractivity contribution in [2.45, 2.75) is 10.1 Å². The fraction of sp³-hybridized carbons (Fsp3) is 0.500. The van der Waals surface area contributed by atoms with Crippen LogP contribution < -0.4 is 11.1 Å². The van der Waals surface area contributed by atoms with Gasteiger partial charge in [0.25, 0.3) is 0 Å². The second kappa shape index (κ2) is 6.28. The third-order valence-corrected chi connectivity index (χ3v) is 6.81. The molecule has 1 fully saturated rings. The number of anilines is 2. The molecule has 0 bridgehead atoms. The van der Waals surface area contributed by atoms with E-state index >= 15 is 0 Å². The van der Waals surface area contributed by atoms with Crippen molar-refractivity contribution in [1.82, 2.24) is 0 Å². The Balaban J connectivity index is 2.01. The first-order valence-electron chi connectivity index (χ1n) is 5.99. The first-order chi connectivity index (χ1) is 8.97. The van der Waals surface area contributed by atoms with Crippen molar-refractivity contribution in [2.24, 2.45) is 0 Å². The molecular weight excluding hydrogens is 300 g/mol. The molecule has 4 nitrogen and oxygen atoms in total. The standard InChI is InChI=1S/C12H18N2O2S3/c1-19(15,16)10-2-3-12(11(13)6-10)14-7-9-8-17-4-5-18-9/h2-3,6,9,14H,4-5,7-8,13H2,1H3. The van der Waals surface area contributed by atoms with Crippen LogP contribution in [0.4, 0.5) is 11.4 Å². The number of benzene rings is 1. The van der Waals surface area contributed by atoms with Crippen LogP contribution >= 0.6 is 23.5 Å². The average molecular weight is 318 g/mol. The molecule has 106 valence electrons. The van der Waals surface area contributed by atoms with Crippen molar-refractivity contribution in [2.75, 3.05) is 41.1 Å². The van der Waals surface area contributed by atoms with Crippen LogP contribution in [0.2, 0.25) is 0 Å². The van der Waals surface area contributed by atoms with Crippen molar-refractivity contribution in [1.29, 1.82) is 0 Å². The monoisotopic (exact) mass is 318 g/mol. The lowest BCUT2D eigenvalue weighted by Gasteiger charge is -2.22. The Labute approximate surface area is 122 Å². The Morgan fingerprint density at radius 1 is 1.42 bits per heavy atom. The van der Waals surface area contributed by atoms with E-state index in [1.54, 1.807) is 12.1 Å². The summed E-state index contributed by atoms with van der Waals surface area (Å²) in [5.41, 5.74) is 7.19. The molecule has 0 aromatic heterocycles. The third-order valence-electron chi connectivity index (χ3n) is 2.86. The predicted octanol–water partition coefficient (Wildman–Crippen LogP) is 1.93. The Morgan fingerprint density at radius 3 is 2.79 bits per heavy atom. The van der Waals surface area contributed by atoms with Crippen LogP contribution in [0.3, 0.4) is 0 Å². The molecule has 1 aromatic carbocycles. The van der Waals surface area contributed by atoms with E-state index in [1.807, 2.05) is 23.5 Å². The molecule has 2 rings (SSSR count). The minimum Gasteiger partial charge on any atom is -0.397 e. The molecule has 19 heavy (non-hydrogen) atoms. The molecule has 3 N–H and O–H groups in total. The van der Waals surface area contributed by atoms with Gasteiger partial charge in [0.05, 0.1) is 16.3 Å². The van der Waals surface area contributed by atoms with Crippen LogP contribution in [0.1, 0.15) is 0 Å². The van der Waals surface area contributed by atoms with Gasteiger partial charge >= 0.3 is 0 Å². The number of hydrogen-bond acceptors (Lipinski definition) is 6. The minimum absolute atomic E-state index is 0.262. The van der Waals surface area contributed by atoms with E-state index in [0.29, 0.717) is 10.9 Å². The van der Waals surface area contributed by atoms with Crippen LogP contribution in [0, 0.1) is 0 Å². The molecule has 0 spiro atoms. The largest absolute Gasteiger partial charge is 0.397 e. The molecule has 1 aromatic rings. The molecular formula is C12H18N2O2S3. The van der Waals surface area contributed by atoms with Crippen molar-refractivity contribution in [3.8, 4) is 0 Å². The van der Waals surface area contributed by atoms with Gasteiger partial charge in [-0.15, -0.1) is 0 Å². The molecule has 1 atom stereocenters. The van der Waals surface area contributed by atoms with Crippen molar-refractivity contribution < 1.29 is 8.42 Å². The highest BCUT2D eigenvalue weighted by Gasteiger charge is 2.15. The van der Waals surface area contributed by atoms with Gasteiger partial charge in [-0.3, -0.25) is 0 Å². The van der Waals surface area contributed by atoms with Gasteiger partial charge in [0.15, 0.2) is 9.84 Å². The normalized spacial score (nSPS) is 20.2. The van der Waals surface area contributed by atoms with E-state index in [2.05, 4.69) is 5.32 Å². The predicted molar refractivity (Wildman–Crippen MR) is 86.0 cm³/mol. The first-order valence-corrected chi connectivity index (χ1v) is 10.1. The smallest absolute Gasteiger partial charge is 0.175 e. The fourth-order valence-electron chi connectivity index (χ4n) is 1.81. The van der Waals surface area contributed by atoms with Gasteiger partial charge in [0.2, 0.25) is 0 Å². The van der Waals surface area contributed by atoms with Gasteiger partial charge in [0.1, 0.15) is 0 Å². The number of nitrogens with one attached hydrogen (secondary N) is 1. The molecule has 0 radical (unpaired) electrons. The zero-order chi connectivity index (χ0) is 13.9. The summed E-state index contributed by atoms with van der Waals surface area (Å²) in [6, 6.07) is 4.85. The van der Waals surface area contributed by atoms with Gasteiger partial charge in [-0.2, -0.15) is 23.5 Å². The topological polar surface area (TPSA) is 72.2 Å². The maximum Gasteiger partial charge on any atom is 0.175 e. The Hall–Kier alpha value is -0.530. The highest BCUT2D eigenvalue weighted by molar-refractivity contribution is 8.06. The maximum absolute atomic E-state index is 11.4. The zero-order valence-electron chi connectivity index (χ0n) is 10.8. The number of nitrogens with two attached hydrogens (primary N) is 1. The zero-order valence-corrected chi connectivity index (χ0v) is 13.2. The third kappa shape index (κ3) is 4.22. The van der Waals surface area contributed by atoms with E-state index in [9.17, 15) is 8.42 Å². The van der Waals surface area contributed by atoms with Crippen LogP contribution in [-0.2, 0) is 9.84 Å². The van der Waals surface area contributed by atoms with E-state index in [4.69, 9.17) is 5.73 Å². The Kier molecular flexibility index (Phi) is 4.92. The molecule has 1 aliphatic rings. The number of nitrogen functional groups attached to an aromatic ring is 1. The molecule has 7 heteroatoms. The lowest BCUT2D eigenvalue weighted by molar-refractivity contribution is 0.602. The van der Waals surface area contributed by atoms with Gasteiger partial charge < -0.3 is 11.1 Å². The minimum atomic E-state index is -3.19. The van der Waals surface area contributed by atoms with Crippen LogP contribution in [-0.4, -0.2) is 43.7 Å². The molecule has 0 aliphatic carbocycles. The lowest BCUT2D eigenvalue weighted by Crippen LogP contribution is -2.23.